The van der Waals surface area contributed by atoms with Crippen LogP contribution in [0.2, 0.25) is 0 Å². The molecule has 1 saturated heterocycles. The maximum atomic E-state index is 14.9. The Balaban J connectivity index is 1.43. The highest BCUT2D eigenvalue weighted by molar-refractivity contribution is 7.92. The van der Waals surface area contributed by atoms with Gasteiger partial charge in [-0.25, -0.2) is 22.8 Å². The molecule has 10 nitrogen and oxygen atoms in total. The molecule has 3 heterocycles. The van der Waals surface area contributed by atoms with Crippen LogP contribution in [-0.4, -0.2) is 86.3 Å². The third-order valence-electron chi connectivity index (χ3n) is 6.52. The molecule has 1 aromatic carbocycles. The van der Waals surface area contributed by atoms with Gasteiger partial charge in [-0.1, -0.05) is 0 Å². The maximum absolute atomic E-state index is 14.9. The lowest BCUT2D eigenvalue weighted by atomic mass is 10.1. The summed E-state index contributed by atoms with van der Waals surface area (Å²) >= 11 is 0.951. The lowest BCUT2D eigenvalue weighted by Gasteiger charge is -2.27. The van der Waals surface area contributed by atoms with Gasteiger partial charge in [0, 0.05) is 49.1 Å². The largest absolute Gasteiger partial charge is 0.379 e. The van der Waals surface area contributed by atoms with Crippen molar-refractivity contribution < 1.29 is 31.5 Å². The molecular weight excluding hydrogens is 552 g/mol. The topological polar surface area (TPSA) is 131 Å². The SMILES string of the molecule is O=C(CNC(=O)C(c1nc2cc(F)c(-c3ccc(F)nc3)cc2s1)S(=O)(=O)CCN1CCOCC1)NC1CC1. The van der Waals surface area contributed by atoms with E-state index in [4.69, 9.17) is 4.74 Å². The molecule has 0 spiro atoms. The molecule has 14 heteroatoms. The van der Waals surface area contributed by atoms with Crippen molar-refractivity contribution in [3.63, 3.8) is 0 Å². The first-order chi connectivity index (χ1) is 18.7. The Morgan fingerprint density at radius 2 is 1.95 bits per heavy atom. The first-order valence-corrected chi connectivity index (χ1v) is 15.0. The van der Waals surface area contributed by atoms with Gasteiger partial charge in [0.1, 0.15) is 10.8 Å². The number of carbonyl (C=O) groups excluding carboxylic acids is 2. The van der Waals surface area contributed by atoms with Gasteiger partial charge in [-0.2, -0.15) is 4.39 Å². The van der Waals surface area contributed by atoms with E-state index in [1.54, 1.807) is 0 Å². The summed E-state index contributed by atoms with van der Waals surface area (Å²) in [7, 11) is -4.08. The second-order valence-electron chi connectivity index (χ2n) is 9.48. The number of ether oxygens (including phenoxy) is 1. The Bertz CT molecular complexity index is 1470. The van der Waals surface area contributed by atoms with Crippen LogP contribution in [0.15, 0.2) is 30.5 Å². The van der Waals surface area contributed by atoms with Crippen LogP contribution in [0.4, 0.5) is 8.78 Å². The summed E-state index contributed by atoms with van der Waals surface area (Å²) in [4.78, 5) is 35.2. The summed E-state index contributed by atoms with van der Waals surface area (Å²) in [6.45, 7) is 1.99. The van der Waals surface area contributed by atoms with E-state index in [0.29, 0.717) is 36.6 Å². The summed E-state index contributed by atoms with van der Waals surface area (Å²) < 4.78 is 61.0. The number of carbonyl (C=O) groups is 2. The fourth-order valence-corrected chi connectivity index (χ4v) is 7.30. The molecule has 1 aliphatic carbocycles. The smallest absolute Gasteiger partial charge is 0.245 e. The molecule has 0 bridgehead atoms. The number of rotatable bonds is 10. The number of sulfone groups is 1. The van der Waals surface area contributed by atoms with Gasteiger partial charge in [-0.3, -0.25) is 14.5 Å². The van der Waals surface area contributed by atoms with Crippen molar-refractivity contribution in [2.24, 2.45) is 0 Å². The number of hydrogen-bond acceptors (Lipinski definition) is 9. The average Bonchev–Trinajstić information content (AvgIpc) is 3.64. The number of benzene rings is 1. The number of hydrogen-bond donors (Lipinski definition) is 2. The van der Waals surface area contributed by atoms with E-state index in [2.05, 4.69) is 20.6 Å². The third-order valence-corrected chi connectivity index (χ3v) is 9.65. The number of thiazole rings is 1. The van der Waals surface area contributed by atoms with Crippen LogP contribution in [-0.2, 0) is 24.2 Å². The van der Waals surface area contributed by atoms with Crippen molar-refractivity contribution in [3.05, 3.63) is 47.2 Å². The van der Waals surface area contributed by atoms with Crippen molar-refractivity contribution in [2.75, 3.05) is 45.1 Å². The fraction of sp³-hybridized carbons (Fsp3) is 0.440. The molecule has 2 fully saturated rings. The molecule has 208 valence electrons. The van der Waals surface area contributed by atoms with Gasteiger partial charge in [0.05, 0.1) is 35.7 Å². The van der Waals surface area contributed by atoms with Crippen LogP contribution in [0.3, 0.4) is 0 Å². The van der Waals surface area contributed by atoms with Gasteiger partial charge in [0.25, 0.3) is 0 Å². The summed E-state index contributed by atoms with van der Waals surface area (Å²) in [6, 6.07) is 5.20. The van der Waals surface area contributed by atoms with Crippen LogP contribution in [0, 0.1) is 11.8 Å². The monoisotopic (exact) mass is 579 g/mol. The Kier molecular flexibility index (Phi) is 8.16. The van der Waals surface area contributed by atoms with Gasteiger partial charge in [-0.05, 0) is 31.0 Å². The number of nitrogens with one attached hydrogen (secondary N) is 2. The molecule has 1 saturated carbocycles. The summed E-state index contributed by atoms with van der Waals surface area (Å²) in [6.07, 6.45) is 2.94. The highest BCUT2D eigenvalue weighted by atomic mass is 32.2. The van der Waals surface area contributed by atoms with E-state index >= 15 is 0 Å². The van der Waals surface area contributed by atoms with Crippen LogP contribution in [0.5, 0.6) is 0 Å². The predicted molar refractivity (Wildman–Crippen MR) is 141 cm³/mol. The quantitative estimate of drug-likeness (QED) is 0.348. The molecule has 39 heavy (non-hydrogen) atoms. The molecule has 2 aliphatic rings. The molecular formula is C25H27F2N5O5S2. The number of aromatic nitrogens is 2. The second-order valence-corrected chi connectivity index (χ2v) is 12.7. The van der Waals surface area contributed by atoms with E-state index < -0.39 is 38.7 Å². The highest BCUT2D eigenvalue weighted by Gasteiger charge is 2.37. The van der Waals surface area contributed by atoms with Crippen molar-refractivity contribution in [3.8, 4) is 11.1 Å². The van der Waals surface area contributed by atoms with Crippen molar-refractivity contribution in [2.45, 2.75) is 24.1 Å². The van der Waals surface area contributed by atoms with Gasteiger partial charge < -0.3 is 15.4 Å². The molecule has 2 amide bonds. The Labute approximate surface area is 227 Å². The number of halogens is 2. The highest BCUT2D eigenvalue weighted by Crippen LogP contribution is 2.35. The minimum Gasteiger partial charge on any atom is -0.379 e. The molecule has 3 aromatic rings. The maximum Gasteiger partial charge on any atom is 0.245 e. The first-order valence-electron chi connectivity index (χ1n) is 12.5. The van der Waals surface area contributed by atoms with E-state index in [1.807, 2.05) is 4.90 Å². The zero-order valence-corrected chi connectivity index (χ0v) is 22.5. The van der Waals surface area contributed by atoms with Gasteiger partial charge in [-0.15, -0.1) is 11.3 Å². The van der Waals surface area contributed by atoms with E-state index in [-0.39, 0.29) is 41.0 Å². The molecule has 2 aromatic heterocycles. The molecule has 1 aliphatic heterocycles. The normalized spacial score (nSPS) is 17.2. The second kappa shape index (κ2) is 11.6. The number of nitrogens with zero attached hydrogens (tertiary/aromatic N) is 3. The van der Waals surface area contributed by atoms with Crippen LogP contribution < -0.4 is 10.6 Å². The predicted octanol–water partition coefficient (Wildman–Crippen LogP) is 1.82. The Morgan fingerprint density at radius 1 is 1.18 bits per heavy atom. The molecule has 1 unspecified atom stereocenters. The minimum absolute atomic E-state index is 0.0270. The van der Waals surface area contributed by atoms with E-state index in [0.717, 1.165) is 36.3 Å². The fourth-order valence-electron chi connectivity index (χ4n) is 4.23. The Hall–Kier alpha value is -3.07. The number of morpholine rings is 1. The summed E-state index contributed by atoms with van der Waals surface area (Å²) in [5.41, 5.74) is 0.650. The van der Waals surface area contributed by atoms with E-state index in [9.17, 15) is 26.8 Å². The van der Waals surface area contributed by atoms with Crippen molar-refractivity contribution in [1.82, 2.24) is 25.5 Å². The molecule has 2 N–H and O–H groups in total. The first kappa shape index (κ1) is 27.5. The lowest BCUT2D eigenvalue weighted by molar-refractivity contribution is -0.126. The molecule has 1 atom stereocenters. The van der Waals surface area contributed by atoms with Crippen LogP contribution >= 0.6 is 11.3 Å². The zero-order chi connectivity index (χ0) is 27.6. The summed E-state index contributed by atoms with van der Waals surface area (Å²) in [5, 5.41) is 3.48. The van der Waals surface area contributed by atoms with Gasteiger partial charge >= 0.3 is 0 Å². The number of fused-ring (bicyclic) bond motifs is 1. The number of amides is 2. The molecule has 5 rings (SSSR count). The van der Waals surface area contributed by atoms with E-state index in [1.165, 1.54) is 18.3 Å². The van der Waals surface area contributed by atoms with Crippen LogP contribution in [0.25, 0.3) is 21.3 Å². The molecule has 0 radical (unpaired) electrons. The van der Waals surface area contributed by atoms with Crippen molar-refractivity contribution in [1.29, 1.82) is 0 Å². The minimum atomic E-state index is -4.08. The number of pyridine rings is 1. The third kappa shape index (κ3) is 6.75. The summed E-state index contributed by atoms with van der Waals surface area (Å²) in [5.74, 6) is -2.94. The average molecular weight is 580 g/mol. The van der Waals surface area contributed by atoms with Crippen LogP contribution in [0.1, 0.15) is 23.1 Å². The standard InChI is InChI=1S/C25H27F2N5O5S2/c26-18-12-19-20(11-17(18)15-1-4-21(27)28-13-15)38-25(31-19)23(24(34)29-14-22(33)30-16-2-3-16)39(35,36)10-7-32-5-8-37-9-6-32/h1,4,11-13,16,23H,2-3,5-10,14H2,(H,29,34)(H,30,33). The lowest BCUT2D eigenvalue weighted by Crippen LogP contribution is -2.43. The van der Waals surface area contributed by atoms with Crippen molar-refractivity contribution >= 4 is 43.2 Å². The van der Waals surface area contributed by atoms with Gasteiger partial charge in [0.2, 0.25) is 17.8 Å². The van der Waals surface area contributed by atoms with Gasteiger partial charge in [0.15, 0.2) is 15.1 Å². The zero-order valence-electron chi connectivity index (χ0n) is 20.9. The Morgan fingerprint density at radius 3 is 2.64 bits per heavy atom.